The highest BCUT2D eigenvalue weighted by Gasteiger charge is 2.29. The number of nitrogens with one attached hydrogen (secondary N) is 1. The molecule has 3 rings (SSSR count). The Balaban J connectivity index is 2.07. The third-order valence-corrected chi connectivity index (χ3v) is 3.02. The monoisotopic (exact) mass is 231 g/mol. The molecule has 2 aromatic heterocycles. The van der Waals surface area contributed by atoms with Gasteiger partial charge in [0.1, 0.15) is 11.5 Å². The predicted octanol–water partition coefficient (Wildman–Crippen LogP) is 2.43. The van der Waals surface area contributed by atoms with Crippen molar-refractivity contribution < 1.29 is 0 Å². The molecule has 1 fully saturated rings. The first-order valence-electron chi connectivity index (χ1n) is 6.13. The van der Waals surface area contributed by atoms with Crippen molar-refractivity contribution in [3.05, 3.63) is 17.8 Å². The van der Waals surface area contributed by atoms with Gasteiger partial charge in [-0.1, -0.05) is 0 Å². The number of imidazole rings is 1. The van der Waals surface area contributed by atoms with Crippen molar-refractivity contribution in [2.24, 2.45) is 0 Å². The van der Waals surface area contributed by atoms with Crippen molar-refractivity contribution in [3.8, 4) is 11.5 Å². The lowest BCUT2D eigenvalue weighted by molar-refractivity contribution is 0.531. The van der Waals surface area contributed by atoms with E-state index in [-0.39, 0.29) is 0 Å². The number of H-pyrrole nitrogens is 1. The average Bonchev–Trinajstić information content (AvgIpc) is 2.88. The molecule has 90 valence electrons. The van der Waals surface area contributed by atoms with Crippen LogP contribution in [-0.2, 0) is 0 Å². The third kappa shape index (κ3) is 1.85. The maximum atomic E-state index is 4.66. The van der Waals surface area contributed by atoms with Crippen LogP contribution >= 0.6 is 0 Å². The van der Waals surface area contributed by atoms with Gasteiger partial charge in [0.05, 0.1) is 6.20 Å². The minimum Gasteiger partial charge on any atom is -0.340 e. The van der Waals surface area contributed by atoms with E-state index < -0.39 is 0 Å². The van der Waals surface area contributed by atoms with Crippen LogP contribution in [0.5, 0.6) is 0 Å². The molecule has 17 heavy (non-hydrogen) atoms. The van der Waals surface area contributed by atoms with Gasteiger partial charge in [0, 0.05) is 12.0 Å². The number of aryl methyl sites for hydroxylation is 1. The first kappa shape index (κ1) is 10.5. The molecule has 2 heterocycles. The summed E-state index contributed by atoms with van der Waals surface area (Å²) in [5, 5.41) is 4.62. The number of rotatable bonds is 3. The molecule has 0 aliphatic heterocycles. The minimum absolute atomic E-state index is 0.314. The molecular formula is C12H17N5. The number of aromatic amines is 1. The highest BCUT2D eigenvalue weighted by Crippen LogP contribution is 2.39. The fourth-order valence-electron chi connectivity index (χ4n) is 1.93. The highest BCUT2D eigenvalue weighted by molar-refractivity contribution is 5.48. The average molecular weight is 231 g/mol. The fourth-order valence-corrected chi connectivity index (χ4v) is 1.93. The maximum Gasteiger partial charge on any atom is 0.176 e. The molecule has 1 saturated carbocycles. The van der Waals surface area contributed by atoms with Crippen LogP contribution in [0.15, 0.2) is 6.20 Å². The Bertz CT molecular complexity index is 533. The summed E-state index contributed by atoms with van der Waals surface area (Å²) in [6, 6.07) is 0.314. The van der Waals surface area contributed by atoms with E-state index in [0.717, 1.165) is 23.2 Å². The predicted molar refractivity (Wildman–Crippen MR) is 64.7 cm³/mol. The Kier molecular flexibility index (Phi) is 2.28. The van der Waals surface area contributed by atoms with Gasteiger partial charge in [0.15, 0.2) is 11.6 Å². The zero-order valence-electron chi connectivity index (χ0n) is 10.4. The van der Waals surface area contributed by atoms with E-state index in [4.69, 9.17) is 0 Å². The van der Waals surface area contributed by atoms with Crippen molar-refractivity contribution in [1.29, 1.82) is 0 Å². The van der Waals surface area contributed by atoms with Crippen LogP contribution in [0.2, 0.25) is 0 Å². The van der Waals surface area contributed by atoms with Gasteiger partial charge < -0.3 is 4.98 Å². The fraction of sp³-hybridized carbons (Fsp3) is 0.583. The van der Waals surface area contributed by atoms with Crippen molar-refractivity contribution in [2.75, 3.05) is 0 Å². The van der Waals surface area contributed by atoms with Crippen molar-refractivity contribution in [1.82, 2.24) is 24.7 Å². The molecule has 0 spiro atoms. The molecule has 0 saturated heterocycles. The topological polar surface area (TPSA) is 59.4 Å². The first-order chi connectivity index (χ1) is 8.15. The second kappa shape index (κ2) is 3.68. The second-order valence-electron chi connectivity index (χ2n) is 4.99. The van der Waals surface area contributed by atoms with E-state index >= 15 is 0 Å². The lowest BCUT2D eigenvalue weighted by atomic mass is 10.3. The molecule has 5 heteroatoms. The van der Waals surface area contributed by atoms with Gasteiger partial charge >= 0.3 is 0 Å². The largest absolute Gasteiger partial charge is 0.340 e. The van der Waals surface area contributed by atoms with Gasteiger partial charge in [0.25, 0.3) is 0 Å². The minimum atomic E-state index is 0.314. The second-order valence-corrected chi connectivity index (χ2v) is 4.99. The van der Waals surface area contributed by atoms with Gasteiger partial charge in [-0.05, 0) is 33.6 Å². The molecular weight excluding hydrogens is 214 g/mol. The van der Waals surface area contributed by atoms with E-state index in [9.17, 15) is 0 Å². The quantitative estimate of drug-likeness (QED) is 0.882. The molecule has 0 atom stereocenters. The SMILES string of the molecule is Cc1ncc(-c2nc(C3CC3)nn2C(C)C)[nH]1. The maximum absolute atomic E-state index is 4.66. The molecule has 0 bridgehead atoms. The number of hydrogen-bond acceptors (Lipinski definition) is 3. The normalized spacial score (nSPS) is 15.8. The van der Waals surface area contributed by atoms with Gasteiger partial charge in [-0.3, -0.25) is 0 Å². The van der Waals surface area contributed by atoms with Crippen LogP contribution in [0.25, 0.3) is 11.5 Å². The third-order valence-electron chi connectivity index (χ3n) is 3.02. The molecule has 1 aliphatic rings. The van der Waals surface area contributed by atoms with E-state index in [0.29, 0.717) is 12.0 Å². The van der Waals surface area contributed by atoms with Crippen molar-refractivity contribution in [2.45, 2.75) is 45.6 Å². The summed E-state index contributed by atoms with van der Waals surface area (Å²) in [5.41, 5.74) is 0.954. The van der Waals surface area contributed by atoms with E-state index in [2.05, 4.69) is 33.9 Å². The summed E-state index contributed by atoms with van der Waals surface area (Å²) in [6.07, 6.45) is 4.28. The van der Waals surface area contributed by atoms with Crippen LogP contribution in [0.4, 0.5) is 0 Å². The molecule has 5 nitrogen and oxygen atoms in total. The van der Waals surface area contributed by atoms with Crippen molar-refractivity contribution in [3.63, 3.8) is 0 Å². The first-order valence-corrected chi connectivity index (χ1v) is 6.13. The van der Waals surface area contributed by atoms with E-state index in [1.54, 1.807) is 0 Å². The van der Waals surface area contributed by atoms with Crippen LogP contribution in [0.3, 0.4) is 0 Å². The highest BCUT2D eigenvalue weighted by atomic mass is 15.4. The van der Waals surface area contributed by atoms with Crippen LogP contribution < -0.4 is 0 Å². The van der Waals surface area contributed by atoms with Crippen LogP contribution in [0.1, 0.15) is 50.3 Å². The standard InChI is InChI=1S/C12H17N5/c1-7(2)17-12(10-6-13-8(3)14-10)15-11(16-17)9-4-5-9/h6-7,9H,4-5H2,1-3H3,(H,13,14). The van der Waals surface area contributed by atoms with Crippen LogP contribution in [0, 0.1) is 6.92 Å². The summed E-state index contributed by atoms with van der Waals surface area (Å²) < 4.78 is 1.99. The summed E-state index contributed by atoms with van der Waals surface area (Å²) in [7, 11) is 0. The van der Waals surface area contributed by atoms with Gasteiger partial charge in [0.2, 0.25) is 0 Å². The zero-order valence-corrected chi connectivity index (χ0v) is 10.4. The number of hydrogen-bond donors (Lipinski definition) is 1. The summed E-state index contributed by atoms with van der Waals surface area (Å²) in [5.74, 6) is 3.38. The van der Waals surface area contributed by atoms with Crippen molar-refractivity contribution >= 4 is 0 Å². The lowest BCUT2D eigenvalue weighted by Gasteiger charge is -2.07. The smallest absolute Gasteiger partial charge is 0.176 e. The molecule has 0 radical (unpaired) electrons. The Labute approximate surface area is 100 Å². The summed E-state index contributed by atoms with van der Waals surface area (Å²) >= 11 is 0. The van der Waals surface area contributed by atoms with Gasteiger partial charge in [-0.2, -0.15) is 5.10 Å². The Morgan fingerprint density at radius 1 is 1.41 bits per heavy atom. The Morgan fingerprint density at radius 3 is 2.71 bits per heavy atom. The van der Waals surface area contributed by atoms with Gasteiger partial charge in [-0.25, -0.2) is 14.6 Å². The van der Waals surface area contributed by atoms with E-state index in [1.165, 1.54) is 12.8 Å². The Hall–Kier alpha value is -1.65. The zero-order chi connectivity index (χ0) is 12.0. The molecule has 0 amide bonds. The Morgan fingerprint density at radius 2 is 2.18 bits per heavy atom. The van der Waals surface area contributed by atoms with Gasteiger partial charge in [-0.15, -0.1) is 0 Å². The molecule has 0 unspecified atom stereocenters. The molecule has 0 aromatic carbocycles. The molecule has 2 aromatic rings. The summed E-state index contributed by atoms with van der Waals surface area (Å²) in [4.78, 5) is 12.1. The lowest BCUT2D eigenvalue weighted by Crippen LogP contribution is -2.05. The van der Waals surface area contributed by atoms with Crippen LogP contribution in [-0.4, -0.2) is 24.7 Å². The van der Waals surface area contributed by atoms with E-state index in [1.807, 2.05) is 17.8 Å². The molecule has 1 aliphatic carbocycles. The number of nitrogens with zero attached hydrogens (tertiary/aromatic N) is 4. The molecule has 1 N–H and O–H groups in total. The summed E-state index contributed by atoms with van der Waals surface area (Å²) in [6.45, 7) is 6.19. The number of aromatic nitrogens is 5.